The molecule has 1 aliphatic heterocycles. The number of rotatable bonds is 1. The molecule has 5 heteroatoms. The van der Waals surface area contributed by atoms with Gasteiger partial charge in [-0.3, -0.25) is 9.67 Å². The number of halogens is 2. The first-order valence-electron chi connectivity index (χ1n) is 6.09. The normalized spacial score (nSPS) is 19.2. The second kappa shape index (κ2) is 3.41. The fourth-order valence-electron chi connectivity index (χ4n) is 2.78. The van der Waals surface area contributed by atoms with E-state index in [2.05, 4.69) is 25.6 Å². The van der Waals surface area contributed by atoms with E-state index in [9.17, 15) is 4.39 Å². The molecule has 1 saturated carbocycles. The van der Waals surface area contributed by atoms with Gasteiger partial charge in [-0.15, -0.1) is 0 Å². The van der Waals surface area contributed by atoms with Crippen LogP contribution in [0.3, 0.4) is 0 Å². The molecule has 0 unspecified atom stereocenters. The van der Waals surface area contributed by atoms with E-state index < -0.39 is 0 Å². The molecular formula is C13H11BrFN3. The molecule has 3 nitrogen and oxygen atoms in total. The van der Waals surface area contributed by atoms with Gasteiger partial charge in [0.2, 0.25) is 0 Å². The molecule has 0 aromatic carbocycles. The second-order valence-corrected chi connectivity index (χ2v) is 5.90. The maximum atomic E-state index is 12.9. The third-order valence-corrected chi connectivity index (χ3v) is 4.82. The van der Waals surface area contributed by atoms with Gasteiger partial charge in [0.15, 0.2) is 0 Å². The van der Waals surface area contributed by atoms with Gasteiger partial charge in [-0.1, -0.05) is 0 Å². The molecule has 0 saturated heterocycles. The number of aromatic nitrogens is 3. The van der Waals surface area contributed by atoms with Crippen LogP contribution in [0.5, 0.6) is 0 Å². The van der Waals surface area contributed by atoms with E-state index >= 15 is 0 Å². The summed E-state index contributed by atoms with van der Waals surface area (Å²) in [6.07, 6.45) is 5.95. The first-order valence-corrected chi connectivity index (χ1v) is 6.89. The molecule has 2 aromatic rings. The number of pyridine rings is 1. The Balaban J connectivity index is 1.85. The fourth-order valence-corrected chi connectivity index (χ4v) is 3.43. The summed E-state index contributed by atoms with van der Waals surface area (Å²) in [6.45, 7) is 0. The molecule has 0 amide bonds. The van der Waals surface area contributed by atoms with E-state index in [1.54, 1.807) is 6.07 Å². The summed E-state index contributed by atoms with van der Waals surface area (Å²) in [6, 6.07) is 3.10. The Morgan fingerprint density at radius 3 is 2.78 bits per heavy atom. The molecule has 2 aromatic heterocycles. The minimum absolute atomic E-state index is 0.288. The van der Waals surface area contributed by atoms with Gasteiger partial charge < -0.3 is 0 Å². The van der Waals surface area contributed by atoms with Crippen LogP contribution in [0.1, 0.15) is 25.0 Å². The van der Waals surface area contributed by atoms with Gasteiger partial charge in [0.25, 0.3) is 0 Å². The highest BCUT2D eigenvalue weighted by molar-refractivity contribution is 9.10. The zero-order chi connectivity index (χ0) is 12.3. The molecule has 1 spiro atoms. The predicted molar refractivity (Wildman–Crippen MR) is 68.6 cm³/mol. The SMILES string of the molecule is Fc1ccc(-c2nn3c(c2Br)CCC32CC2)nc1. The molecule has 0 N–H and O–H groups in total. The molecule has 1 fully saturated rings. The lowest BCUT2D eigenvalue weighted by Crippen LogP contribution is -2.12. The minimum atomic E-state index is -0.319. The van der Waals surface area contributed by atoms with Gasteiger partial charge >= 0.3 is 0 Å². The van der Waals surface area contributed by atoms with Gasteiger partial charge in [-0.2, -0.15) is 5.10 Å². The molecule has 18 heavy (non-hydrogen) atoms. The van der Waals surface area contributed by atoms with Crippen molar-refractivity contribution in [3.63, 3.8) is 0 Å². The second-order valence-electron chi connectivity index (χ2n) is 5.11. The van der Waals surface area contributed by atoms with Crippen molar-refractivity contribution in [2.75, 3.05) is 0 Å². The molecule has 0 bridgehead atoms. The maximum Gasteiger partial charge on any atom is 0.141 e. The van der Waals surface area contributed by atoms with Gasteiger partial charge in [0.05, 0.1) is 27.6 Å². The van der Waals surface area contributed by atoms with Crippen LogP contribution in [0.25, 0.3) is 11.4 Å². The summed E-state index contributed by atoms with van der Waals surface area (Å²) >= 11 is 3.62. The summed E-state index contributed by atoms with van der Waals surface area (Å²) in [4.78, 5) is 4.11. The maximum absolute atomic E-state index is 12.9. The van der Waals surface area contributed by atoms with Crippen molar-refractivity contribution in [3.05, 3.63) is 34.3 Å². The largest absolute Gasteiger partial charge is 0.262 e. The van der Waals surface area contributed by atoms with Crippen molar-refractivity contribution < 1.29 is 4.39 Å². The molecule has 3 heterocycles. The number of hydrogen-bond donors (Lipinski definition) is 0. The van der Waals surface area contributed by atoms with Gasteiger partial charge in [0.1, 0.15) is 11.5 Å². The quantitative estimate of drug-likeness (QED) is 0.809. The van der Waals surface area contributed by atoms with Gasteiger partial charge in [-0.05, 0) is 53.7 Å². The van der Waals surface area contributed by atoms with Crippen molar-refractivity contribution in [1.29, 1.82) is 0 Å². The molecule has 0 atom stereocenters. The summed E-state index contributed by atoms with van der Waals surface area (Å²) in [5, 5.41) is 4.69. The fraction of sp³-hybridized carbons (Fsp3) is 0.385. The van der Waals surface area contributed by atoms with E-state index in [1.807, 2.05) is 0 Å². The third kappa shape index (κ3) is 1.34. The highest BCUT2D eigenvalue weighted by Gasteiger charge is 2.50. The monoisotopic (exact) mass is 307 g/mol. The van der Waals surface area contributed by atoms with Crippen LogP contribution >= 0.6 is 15.9 Å². The highest BCUT2D eigenvalue weighted by Crippen LogP contribution is 2.53. The average molecular weight is 308 g/mol. The first-order chi connectivity index (χ1) is 8.70. The molecule has 4 rings (SSSR count). The van der Waals surface area contributed by atoms with Crippen LogP contribution in [0.4, 0.5) is 4.39 Å². The van der Waals surface area contributed by atoms with Crippen molar-refractivity contribution in [2.45, 2.75) is 31.2 Å². The molecule has 1 aliphatic carbocycles. The van der Waals surface area contributed by atoms with Crippen LogP contribution in [0.15, 0.2) is 22.8 Å². The van der Waals surface area contributed by atoms with E-state index in [1.165, 1.54) is 37.2 Å². The zero-order valence-electron chi connectivity index (χ0n) is 9.66. The summed E-state index contributed by atoms with van der Waals surface area (Å²) in [7, 11) is 0. The van der Waals surface area contributed by atoms with Crippen LogP contribution in [0.2, 0.25) is 0 Å². The number of fused-ring (bicyclic) bond motifs is 2. The zero-order valence-corrected chi connectivity index (χ0v) is 11.2. The summed E-state index contributed by atoms with van der Waals surface area (Å²) in [5.41, 5.74) is 3.10. The molecule has 0 radical (unpaired) electrons. The van der Waals surface area contributed by atoms with E-state index in [-0.39, 0.29) is 11.4 Å². The highest BCUT2D eigenvalue weighted by atomic mass is 79.9. The summed E-state index contributed by atoms with van der Waals surface area (Å²) in [5.74, 6) is -0.319. The summed E-state index contributed by atoms with van der Waals surface area (Å²) < 4.78 is 16.1. The van der Waals surface area contributed by atoms with E-state index in [4.69, 9.17) is 5.10 Å². The molecule has 2 aliphatic rings. The first kappa shape index (κ1) is 10.7. The van der Waals surface area contributed by atoms with Crippen molar-refractivity contribution in [2.24, 2.45) is 0 Å². The number of hydrogen-bond acceptors (Lipinski definition) is 2. The van der Waals surface area contributed by atoms with Crippen LogP contribution in [-0.4, -0.2) is 14.8 Å². The lowest BCUT2D eigenvalue weighted by molar-refractivity contribution is 0.460. The standard InChI is InChI=1S/C13H11BrFN3/c14-11-10-3-4-13(5-6-13)18(10)17-12(11)9-2-1-8(15)7-16-9/h1-2,7H,3-6H2. The minimum Gasteiger partial charge on any atom is -0.262 e. The predicted octanol–water partition coefficient (Wildman–Crippen LogP) is 3.28. The Morgan fingerprint density at radius 1 is 1.28 bits per heavy atom. The Labute approximate surface area is 112 Å². The van der Waals surface area contributed by atoms with Crippen LogP contribution < -0.4 is 0 Å². The Kier molecular flexibility index (Phi) is 2.02. The Morgan fingerprint density at radius 2 is 2.11 bits per heavy atom. The molecule has 92 valence electrons. The van der Waals surface area contributed by atoms with Gasteiger partial charge in [-0.25, -0.2) is 4.39 Å². The Bertz CT molecular complexity index is 628. The van der Waals surface area contributed by atoms with E-state index in [0.717, 1.165) is 22.3 Å². The van der Waals surface area contributed by atoms with Crippen LogP contribution in [0, 0.1) is 5.82 Å². The molecular weight excluding hydrogens is 297 g/mol. The Hall–Kier alpha value is -1.23. The third-order valence-electron chi connectivity index (χ3n) is 3.99. The van der Waals surface area contributed by atoms with Crippen molar-refractivity contribution in [3.8, 4) is 11.4 Å². The van der Waals surface area contributed by atoms with Gasteiger partial charge in [0, 0.05) is 0 Å². The lowest BCUT2D eigenvalue weighted by Gasteiger charge is -2.07. The van der Waals surface area contributed by atoms with Crippen LogP contribution in [-0.2, 0) is 12.0 Å². The lowest BCUT2D eigenvalue weighted by atomic mass is 10.1. The smallest absolute Gasteiger partial charge is 0.141 e. The van der Waals surface area contributed by atoms with Crippen molar-refractivity contribution in [1.82, 2.24) is 14.8 Å². The van der Waals surface area contributed by atoms with E-state index in [0.29, 0.717) is 0 Å². The number of nitrogens with zero attached hydrogens (tertiary/aromatic N) is 3. The van der Waals surface area contributed by atoms with Crippen molar-refractivity contribution >= 4 is 15.9 Å². The average Bonchev–Trinajstić information content (AvgIpc) is 2.96. The topological polar surface area (TPSA) is 30.7 Å².